The number of hydrogen-bond donors (Lipinski definition) is 2. The lowest BCUT2D eigenvalue weighted by molar-refractivity contribution is 0.0937. The van der Waals surface area contributed by atoms with Gasteiger partial charge in [0.05, 0.1) is 0 Å². The van der Waals surface area contributed by atoms with Crippen molar-refractivity contribution in [2.24, 2.45) is 0 Å². The van der Waals surface area contributed by atoms with Crippen molar-refractivity contribution in [1.29, 1.82) is 0 Å². The summed E-state index contributed by atoms with van der Waals surface area (Å²) in [6.45, 7) is 0. The number of rotatable bonds is 3. The van der Waals surface area contributed by atoms with Crippen LogP contribution in [-0.4, -0.2) is 5.91 Å². The van der Waals surface area contributed by atoms with Crippen LogP contribution in [0.15, 0.2) is 36.0 Å². The average molecular weight is 318 g/mol. The molecule has 1 aliphatic rings. The van der Waals surface area contributed by atoms with Crippen molar-refractivity contribution in [2.45, 2.75) is 64.2 Å². The van der Waals surface area contributed by atoms with Gasteiger partial charge in [-0.2, -0.15) is 0 Å². The zero-order chi connectivity index (χ0) is 16.3. The van der Waals surface area contributed by atoms with Gasteiger partial charge in [-0.25, -0.2) is 4.39 Å². The lowest BCUT2D eigenvalue weighted by Crippen LogP contribution is -2.36. The van der Waals surface area contributed by atoms with Crippen LogP contribution < -0.4 is 10.9 Å². The largest absolute Gasteiger partial charge is 0.303 e. The van der Waals surface area contributed by atoms with Crippen molar-refractivity contribution in [1.82, 2.24) is 10.9 Å². The van der Waals surface area contributed by atoms with E-state index in [-0.39, 0.29) is 5.91 Å². The lowest BCUT2D eigenvalue weighted by atomic mass is 10.0. The molecule has 0 atom stereocenters. The normalized spacial score (nSPS) is 17.3. The Balaban J connectivity index is 1.86. The van der Waals surface area contributed by atoms with Crippen LogP contribution in [0.5, 0.6) is 0 Å². The second-order valence-electron chi connectivity index (χ2n) is 6.19. The highest BCUT2D eigenvalue weighted by Crippen LogP contribution is 2.15. The molecule has 0 saturated heterocycles. The monoisotopic (exact) mass is 318 g/mol. The molecule has 0 radical (unpaired) electrons. The molecule has 0 heterocycles. The number of halogens is 1. The molecule has 23 heavy (non-hydrogen) atoms. The van der Waals surface area contributed by atoms with E-state index >= 15 is 0 Å². The quantitative estimate of drug-likeness (QED) is 0.782. The summed E-state index contributed by atoms with van der Waals surface area (Å²) in [4.78, 5) is 12.0. The molecule has 0 unspecified atom stereocenters. The summed E-state index contributed by atoms with van der Waals surface area (Å²) in [5.41, 5.74) is 7.10. The molecule has 0 spiro atoms. The highest BCUT2D eigenvalue weighted by Gasteiger charge is 2.07. The van der Waals surface area contributed by atoms with Crippen LogP contribution in [-0.2, 0) is 0 Å². The van der Waals surface area contributed by atoms with Crippen LogP contribution in [0.4, 0.5) is 4.39 Å². The summed E-state index contributed by atoms with van der Waals surface area (Å²) in [6.07, 6.45) is 14.3. The van der Waals surface area contributed by atoms with Gasteiger partial charge in [-0.3, -0.25) is 10.2 Å². The first-order valence-electron chi connectivity index (χ1n) is 8.76. The van der Waals surface area contributed by atoms with Gasteiger partial charge in [-0.05, 0) is 43.9 Å². The van der Waals surface area contributed by atoms with E-state index < -0.39 is 5.82 Å². The lowest BCUT2D eigenvalue weighted by Gasteiger charge is -2.13. The molecule has 2 rings (SSSR count). The highest BCUT2D eigenvalue weighted by atomic mass is 19.1. The molecule has 0 aliphatic heterocycles. The van der Waals surface area contributed by atoms with Crippen molar-refractivity contribution in [3.8, 4) is 0 Å². The summed E-state index contributed by atoms with van der Waals surface area (Å²) in [5.74, 6) is -0.709. The van der Waals surface area contributed by atoms with Gasteiger partial charge in [-0.15, -0.1) is 0 Å². The fourth-order valence-corrected chi connectivity index (χ4v) is 2.85. The molecule has 1 aromatic rings. The second kappa shape index (κ2) is 10.0. The van der Waals surface area contributed by atoms with Crippen molar-refractivity contribution in [2.75, 3.05) is 0 Å². The minimum absolute atomic E-state index is 0.309. The fraction of sp³-hybridized carbons (Fsp3) is 0.526. The Bertz CT molecular complexity index is 528. The zero-order valence-electron chi connectivity index (χ0n) is 13.7. The van der Waals surface area contributed by atoms with Crippen LogP contribution in [0.25, 0.3) is 0 Å². The molecule has 0 bridgehead atoms. The van der Waals surface area contributed by atoms with Gasteiger partial charge in [-0.1, -0.05) is 50.7 Å². The highest BCUT2D eigenvalue weighted by molar-refractivity contribution is 5.93. The molecule has 1 aliphatic carbocycles. The Morgan fingerprint density at radius 3 is 2.39 bits per heavy atom. The van der Waals surface area contributed by atoms with Gasteiger partial charge in [0.15, 0.2) is 0 Å². The Kier molecular flexibility index (Phi) is 7.64. The number of nitrogens with one attached hydrogen (secondary N) is 2. The Morgan fingerprint density at radius 1 is 0.957 bits per heavy atom. The Morgan fingerprint density at radius 2 is 1.65 bits per heavy atom. The summed E-state index contributed by atoms with van der Waals surface area (Å²) in [6, 6.07) is 5.72. The summed E-state index contributed by atoms with van der Waals surface area (Å²) in [7, 11) is 0. The maximum atomic E-state index is 13.2. The molecule has 1 aromatic carbocycles. The van der Waals surface area contributed by atoms with Gasteiger partial charge in [0, 0.05) is 11.3 Å². The number of hydrazine groups is 1. The van der Waals surface area contributed by atoms with Crippen molar-refractivity contribution in [3.05, 3.63) is 47.4 Å². The van der Waals surface area contributed by atoms with Crippen LogP contribution in [0, 0.1) is 5.82 Å². The minimum Gasteiger partial charge on any atom is -0.303 e. The molecular formula is C19H27FN2O. The van der Waals surface area contributed by atoms with Gasteiger partial charge < -0.3 is 5.43 Å². The van der Waals surface area contributed by atoms with Gasteiger partial charge in [0.25, 0.3) is 5.91 Å². The molecule has 4 heteroatoms. The molecule has 1 amide bonds. The van der Waals surface area contributed by atoms with E-state index in [0.717, 1.165) is 25.0 Å². The van der Waals surface area contributed by atoms with Crippen LogP contribution in [0.2, 0.25) is 0 Å². The van der Waals surface area contributed by atoms with E-state index in [2.05, 4.69) is 16.9 Å². The summed E-state index contributed by atoms with van der Waals surface area (Å²) >= 11 is 0. The third-order valence-corrected chi connectivity index (χ3v) is 4.21. The molecule has 0 saturated carbocycles. The van der Waals surface area contributed by atoms with E-state index in [9.17, 15) is 9.18 Å². The second-order valence-corrected chi connectivity index (χ2v) is 6.19. The number of benzene rings is 1. The smallest absolute Gasteiger partial charge is 0.269 e. The third-order valence-electron chi connectivity index (χ3n) is 4.21. The predicted molar refractivity (Wildman–Crippen MR) is 91.3 cm³/mol. The molecule has 0 aromatic heterocycles. The van der Waals surface area contributed by atoms with Crippen molar-refractivity contribution >= 4 is 5.91 Å². The average Bonchev–Trinajstić information content (AvgIpc) is 2.54. The van der Waals surface area contributed by atoms with Gasteiger partial charge in [0.2, 0.25) is 0 Å². The van der Waals surface area contributed by atoms with Gasteiger partial charge in [0.1, 0.15) is 5.82 Å². The van der Waals surface area contributed by atoms with E-state index in [1.165, 1.54) is 57.1 Å². The standard InChI is InChI=1S/C19H27FN2O/c20-17-12-10-11-16(15-17)19(23)22-21-18-13-8-6-4-2-1-3-5-7-9-14-18/h10-13,15,21H,1-9,14H2,(H,22,23). The van der Waals surface area contributed by atoms with Crippen LogP contribution in [0.3, 0.4) is 0 Å². The molecule has 126 valence electrons. The van der Waals surface area contributed by atoms with E-state index in [1.807, 2.05) is 0 Å². The number of carbonyl (C=O) groups is 1. The fourth-order valence-electron chi connectivity index (χ4n) is 2.85. The summed E-state index contributed by atoms with van der Waals surface area (Å²) < 4.78 is 13.2. The number of amides is 1. The van der Waals surface area contributed by atoms with E-state index in [1.54, 1.807) is 12.1 Å². The summed E-state index contributed by atoms with van der Waals surface area (Å²) in [5, 5.41) is 0. The molecule has 2 N–H and O–H groups in total. The first kappa shape index (κ1) is 17.5. The van der Waals surface area contributed by atoms with Gasteiger partial charge >= 0.3 is 0 Å². The number of allylic oxidation sites excluding steroid dienone is 2. The minimum atomic E-state index is -0.400. The predicted octanol–water partition coefficient (Wildman–Crippen LogP) is 4.86. The van der Waals surface area contributed by atoms with E-state index in [0.29, 0.717) is 5.56 Å². The molecule has 0 fully saturated rings. The molecular weight excluding hydrogens is 291 g/mol. The third kappa shape index (κ3) is 6.85. The SMILES string of the molecule is O=C(NNC1=CCCCCCCCCCC1)c1cccc(F)c1. The Hall–Kier alpha value is -1.84. The maximum Gasteiger partial charge on any atom is 0.269 e. The maximum absolute atomic E-state index is 13.2. The topological polar surface area (TPSA) is 41.1 Å². The van der Waals surface area contributed by atoms with Crippen molar-refractivity contribution in [3.63, 3.8) is 0 Å². The van der Waals surface area contributed by atoms with Crippen molar-refractivity contribution < 1.29 is 9.18 Å². The Labute approximate surface area is 138 Å². The molecule has 3 nitrogen and oxygen atoms in total. The van der Waals surface area contributed by atoms with Crippen LogP contribution >= 0.6 is 0 Å². The zero-order valence-corrected chi connectivity index (χ0v) is 13.7. The first-order chi connectivity index (χ1) is 11.3. The number of carbonyl (C=O) groups excluding carboxylic acids is 1. The van der Waals surface area contributed by atoms with E-state index in [4.69, 9.17) is 0 Å². The first-order valence-corrected chi connectivity index (χ1v) is 8.76. The number of hydrogen-bond acceptors (Lipinski definition) is 2. The van der Waals surface area contributed by atoms with Crippen LogP contribution in [0.1, 0.15) is 74.6 Å².